The van der Waals surface area contributed by atoms with Gasteiger partial charge in [0.2, 0.25) is 5.95 Å². The standard InChI is InChI=1S/C7H8N5/c1-2-8-7-11-10-6-4-3-5-9-12(6)7/h3-4H,2H2,1H3,(H,8,11). The molecular formula is C7H8N5. The zero-order chi connectivity index (χ0) is 8.39. The number of hydrogen-bond acceptors (Lipinski definition) is 4. The summed E-state index contributed by atoms with van der Waals surface area (Å²) in [6.45, 7) is 2.80. The summed E-state index contributed by atoms with van der Waals surface area (Å²) in [4.78, 5) is 0. The number of rotatable bonds is 2. The molecule has 61 valence electrons. The van der Waals surface area contributed by atoms with Gasteiger partial charge < -0.3 is 5.32 Å². The van der Waals surface area contributed by atoms with Crippen molar-refractivity contribution in [3.63, 3.8) is 0 Å². The van der Waals surface area contributed by atoms with E-state index < -0.39 is 0 Å². The van der Waals surface area contributed by atoms with Gasteiger partial charge in [-0.2, -0.15) is 9.61 Å². The minimum Gasteiger partial charge on any atom is -0.353 e. The van der Waals surface area contributed by atoms with E-state index in [-0.39, 0.29) is 0 Å². The highest BCUT2D eigenvalue weighted by Gasteiger charge is 2.02. The maximum absolute atomic E-state index is 3.96. The largest absolute Gasteiger partial charge is 0.353 e. The minimum atomic E-state index is 0.657. The summed E-state index contributed by atoms with van der Waals surface area (Å²) in [5.41, 5.74) is 0.727. The molecule has 0 aromatic carbocycles. The molecule has 0 aliphatic rings. The van der Waals surface area contributed by atoms with Crippen LogP contribution in [0, 0.1) is 6.20 Å². The average Bonchev–Trinajstić information content (AvgIpc) is 2.50. The summed E-state index contributed by atoms with van der Waals surface area (Å²) < 4.78 is 1.61. The Morgan fingerprint density at radius 3 is 3.33 bits per heavy atom. The topological polar surface area (TPSA) is 55.1 Å². The van der Waals surface area contributed by atoms with E-state index in [1.54, 1.807) is 16.6 Å². The molecule has 0 fully saturated rings. The van der Waals surface area contributed by atoms with Crippen LogP contribution in [0.5, 0.6) is 0 Å². The van der Waals surface area contributed by atoms with Crippen LogP contribution < -0.4 is 5.32 Å². The van der Waals surface area contributed by atoms with Crippen LogP contribution in [0.3, 0.4) is 0 Å². The van der Waals surface area contributed by atoms with Gasteiger partial charge >= 0.3 is 0 Å². The minimum absolute atomic E-state index is 0.657. The van der Waals surface area contributed by atoms with Gasteiger partial charge in [-0.1, -0.05) is 0 Å². The molecule has 0 amide bonds. The molecule has 5 heteroatoms. The fourth-order valence-electron chi connectivity index (χ4n) is 0.966. The summed E-state index contributed by atoms with van der Waals surface area (Å²) in [6.07, 6.45) is 2.71. The lowest BCUT2D eigenvalue weighted by molar-refractivity contribution is 0.914. The maximum atomic E-state index is 3.96. The lowest BCUT2D eigenvalue weighted by atomic mass is 10.6. The van der Waals surface area contributed by atoms with Crippen LogP contribution in [0.2, 0.25) is 0 Å². The first-order valence-electron chi connectivity index (χ1n) is 3.74. The predicted octanol–water partition coefficient (Wildman–Crippen LogP) is 0.356. The molecular weight excluding hydrogens is 154 g/mol. The van der Waals surface area contributed by atoms with Crippen molar-refractivity contribution < 1.29 is 0 Å². The van der Waals surface area contributed by atoms with E-state index in [0.717, 1.165) is 12.2 Å². The van der Waals surface area contributed by atoms with Crippen molar-refractivity contribution >= 4 is 11.6 Å². The van der Waals surface area contributed by atoms with E-state index in [2.05, 4.69) is 26.8 Å². The van der Waals surface area contributed by atoms with E-state index in [1.165, 1.54) is 0 Å². The molecule has 0 saturated carbocycles. The highest BCUT2D eigenvalue weighted by molar-refractivity contribution is 5.42. The quantitative estimate of drug-likeness (QED) is 0.692. The lowest BCUT2D eigenvalue weighted by Gasteiger charge is -1.96. The zero-order valence-electron chi connectivity index (χ0n) is 6.65. The molecule has 2 aromatic heterocycles. The number of nitrogens with zero attached hydrogens (tertiary/aromatic N) is 4. The number of hydrogen-bond donors (Lipinski definition) is 1. The highest BCUT2D eigenvalue weighted by Crippen LogP contribution is 2.03. The smallest absolute Gasteiger partial charge is 0.246 e. The number of aromatic nitrogens is 4. The molecule has 0 unspecified atom stereocenters. The Balaban J connectivity index is 2.55. The summed E-state index contributed by atoms with van der Waals surface area (Å²) in [6, 6.07) is 3.51. The normalized spacial score (nSPS) is 10.4. The molecule has 0 aliphatic carbocycles. The number of anilines is 1. The number of nitrogens with one attached hydrogen (secondary N) is 1. The Hall–Kier alpha value is -1.65. The Morgan fingerprint density at radius 2 is 2.50 bits per heavy atom. The third kappa shape index (κ3) is 0.990. The van der Waals surface area contributed by atoms with Crippen molar-refractivity contribution in [1.82, 2.24) is 19.8 Å². The van der Waals surface area contributed by atoms with Crippen LogP contribution in [0.15, 0.2) is 12.1 Å². The van der Waals surface area contributed by atoms with Gasteiger partial charge in [0.15, 0.2) is 5.65 Å². The van der Waals surface area contributed by atoms with Crippen LogP contribution in [-0.4, -0.2) is 26.4 Å². The molecule has 2 aromatic rings. The molecule has 0 aliphatic heterocycles. The van der Waals surface area contributed by atoms with Gasteiger partial charge in [0.1, 0.15) is 6.20 Å². The van der Waals surface area contributed by atoms with E-state index in [0.29, 0.717) is 5.95 Å². The summed E-state index contributed by atoms with van der Waals surface area (Å²) >= 11 is 0. The predicted molar refractivity (Wildman–Crippen MR) is 43.8 cm³/mol. The van der Waals surface area contributed by atoms with Crippen molar-refractivity contribution in [3.05, 3.63) is 18.3 Å². The molecule has 0 atom stereocenters. The second kappa shape index (κ2) is 2.77. The number of fused-ring (bicyclic) bond motifs is 1. The first kappa shape index (κ1) is 7.02. The molecule has 1 N–H and O–H groups in total. The maximum Gasteiger partial charge on any atom is 0.246 e. The third-order valence-electron chi connectivity index (χ3n) is 1.46. The van der Waals surface area contributed by atoms with Crippen molar-refractivity contribution in [3.8, 4) is 0 Å². The van der Waals surface area contributed by atoms with E-state index in [4.69, 9.17) is 0 Å². The van der Waals surface area contributed by atoms with Gasteiger partial charge in [0, 0.05) is 6.54 Å². The van der Waals surface area contributed by atoms with Crippen LogP contribution in [-0.2, 0) is 0 Å². The van der Waals surface area contributed by atoms with Crippen LogP contribution in [0.1, 0.15) is 6.92 Å². The molecule has 2 heterocycles. The van der Waals surface area contributed by atoms with Crippen molar-refractivity contribution in [2.75, 3.05) is 11.9 Å². The lowest BCUT2D eigenvalue weighted by Crippen LogP contribution is -2.03. The van der Waals surface area contributed by atoms with Crippen molar-refractivity contribution in [1.29, 1.82) is 0 Å². The van der Waals surface area contributed by atoms with Gasteiger partial charge in [-0.05, 0) is 19.1 Å². The summed E-state index contributed by atoms with van der Waals surface area (Å²) in [5, 5.41) is 14.8. The van der Waals surface area contributed by atoms with Gasteiger partial charge in [-0.3, -0.25) is 0 Å². The Morgan fingerprint density at radius 1 is 1.58 bits per heavy atom. The van der Waals surface area contributed by atoms with E-state index in [1.807, 2.05) is 6.92 Å². The summed E-state index contributed by atoms with van der Waals surface area (Å²) in [5.74, 6) is 0.657. The average molecular weight is 162 g/mol. The molecule has 0 spiro atoms. The van der Waals surface area contributed by atoms with E-state index in [9.17, 15) is 0 Å². The Bertz CT molecular complexity index is 380. The van der Waals surface area contributed by atoms with Crippen LogP contribution in [0.25, 0.3) is 5.65 Å². The first-order chi connectivity index (χ1) is 5.92. The molecule has 0 saturated heterocycles. The van der Waals surface area contributed by atoms with E-state index >= 15 is 0 Å². The molecule has 0 bridgehead atoms. The van der Waals surface area contributed by atoms with Gasteiger partial charge in [0.25, 0.3) is 0 Å². The van der Waals surface area contributed by atoms with Gasteiger partial charge in [0.05, 0.1) is 0 Å². The fourth-order valence-corrected chi connectivity index (χ4v) is 0.966. The monoisotopic (exact) mass is 162 g/mol. The molecule has 2 rings (SSSR count). The van der Waals surface area contributed by atoms with Crippen LogP contribution in [0.4, 0.5) is 5.95 Å². The SMILES string of the molecule is CCNc1nnc2cc[c]nn12. The molecule has 1 radical (unpaired) electrons. The van der Waals surface area contributed by atoms with Crippen molar-refractivity contribution in [2.45, 2.75) is 6.92 Å². The van der Waals surface area contributed by atoms with Gasteiger partial charge in [-0.15, -0.1) is 10.2 Å². The Kier molecular flexibility index (Phi) is 1.62. The third-order valence-corrected chi connectivity index (χ3v) is 1.46. The molecule has 5 nitrogen and oxygen atoms in total. The summed E-state index contributed by atoms with van der Waals surface area (Å²) in [7, 11) is 0. The highest BCUT2D eigenvalue weighted by atomic mass is 15.4. The molecule has 12 heavy (non-hydrogen) atoms. The van der Waals surface area contributed by atoms with Crippen molar-refractivity contribution in [2.24, 2.45) is 0 Å². The second-order valence-corrected chi connectivity index (χ2v) is 2.29. The second-order valence-electron chi connectivity index (χ2n) is 2.29. The van der Waals surface area contributed by atoms with Gasteiger partial charge in [-0.25, -0.2) is 0 Å². The zero-order valence-corrected chi connectivity index (χ0v) is 6.65. The fraction of sp³-hybridized carbons (Fsp3) is 0.286. The van der Waals surface area contributed by atoms with Crippen LogP contribution >= 0.6 is 0 Å². The Labute approximate surface area is 69.4 Å². The first-order valence-corrected chi connectivity index (χ1v) is 3.74.